The molecule has 0 spiro atoms. The number of pyridine rings is 1. The molecule has 21 heavy (non-hydrogen) atoms. The Morgan fingerprint density at radius 3 is 2.57 bits per heavy atom. The van der Waals surface area contributed by atoms with Gasteiger partial charge in [-0.05, 0) is 18.2 Å². The number of hydrogen-bond acceptors (Lipinski definition) is 3. The van der Waals surface area contributed by atoms with Gasteiger partial charge in [-0.2, -0.15) is 0 Å². The zero-order chi connectivity index (χ0) is 15.1. The Labute approximate surface area is 127 Å². The van der Waals surface area contributed by atoms with Gasteiger partial charge in [0.05, 0.1) is 26.7 Å². The van der Waals surface area contributed by atoms with E-state index in [2.05, 4.69) is 15.2 Å². The number of aromatic nitrogens is 3. The number of aromatic amines is 2. The smallest absolute Gasteiger partial charge is 0.336 e. The van der Waals surface area contributed by atoms with Gasteiger partial charge in [-0.15, -0.1) is 0 Å². The Kier molecular flexibility index (Phi) is 3.19. The number of fused-ring (bicyclic) bond motifs is 1. The van der Waals surface area contributed by atoms with Crippen LogP contribution in [0.3, 0.4) is 0 Å². The first kappa shape index (κ1) is 13.7. The van der Waals surface area contributed by atoms with Crippen LogP contribution in [0.5, 0.6) is 0 Å². The summed E-state index contributed by atoms with van der Waals surface area (Å²) < 4.78 is 0. The summed E-state index contributed by atoms with van der Waals surface area (Å²) in [4.78, 5) is 27.2. The Morgan fingerprint density at radius 1 is 1.14 bits per heavy atom. The molecular weight excluding hydrogens is 317 g/mol. The van der Waals surface area contributed by atoms with E-state index in [9.17, 15) is 14.7 Å². The van der Waals surface area contributed by atoms with E-state index in [1.54, 1.807) is 18.2 Å². The first-order valence-corrected chi connectivity index (χ1v) is 6.53. The van der Waals surface area contributed by atoms with Crippen LogP contribution in [0, 0.1) is 0 Å². The van der Waals surface area contributed by atoms with E-state index in [0.29, 0.717) is 21.3 Å². The number of carboxylic acids is 1. The molecule has 0 radical (unpaired) electrons. The quantitative estimate of drug-likeness (QED) is 0.675. The second-order valence-corrected chi connectivity index (χ2v) is 5.11. The zero-order valence-corrected chi connectivity index (χ0v) is 11.8. The number of aromatic carboxylic acids is 1. The van der Waals surface area contributed by atoms with Crippen molar-refractivity contribution in [1.29, 1.82) is 0 Å². The maximum atomic E-state index is 11.6. The van der Waals surface area contributed by atoms with E-state index in [-0.39, 0.29) is 16.6 Å². The molecule has 0 aliphatic carbocycles. The van der Waals surface area contributed by atoms with E-state index < -0.39 is 11.5 Å². The summed E-state index contributed by atoms with van der Waals surface area (Å²) in [6.45, 7) is 0. The third-order valence-corrected chi connectivity index (χ3v) is 3.73. The molecule has 6 nitrogen and oxygen atoms in total. The van der Waals surface area contributed by atoms with Crippen molar-refractivity contribution in [3.8, 4) is 11.3 Å². The number of hydrogen-bond donors (Lipinski definition) is 3. The Balaban J connectivity index is 2.31. The molecular formula is C13H7Cl2N3O3. The van der Waals surface area contributed by atoms with Gasteiger partial charge in [-0.1, -0.05) is 29.3 Å². The molecule has 0 atom stereocenters. The predicted octanol–water partition coefficient (Wildman–Crippen LogP) is 2.92. The molecule has 0 fully saturated rings. The standard InChI is InChI=1S/C13H7Cl2N3O3/c14-7-2-1-5(3-8(7)15)9-4-6(13(20)21)10-11(16-9)17-18-12(10)19/h1-4H,(H,20,21)(H2,16,17,18,19). The molecule has 106 valence electrons. The lowest BCUT2D eigenvalue weighted by Crippen LogP contribution is -2.06. The lowest BCUT2D eigenvalue weighted by Gasteiger charge is -2.05. The number of benzene rings is 1. The van der Waals surface area contributed by atoms with Crippen molar-refractivity contribution < 1.29 is 9.90 Å². The van der Waals surface area contributed by atoms with Crippen molar-refractivity contribution in [2.45, 2.75) is 0 Å². The fourth-order valence-electron chi connectivity index (χ4n) is 2.02. The van der Waals surface area contributed by atoms with E-state index in [1.807, 2.05) is 0 Å². The van der Waals surface area contributed by atoms with Gasteiger partial charge in [0.25, 0.3) is 5.56 Å². The Hall–Kier alpha value is -2.31. The molecule has 0 aliphatic rings. The van der Waals surface area contributed by atoms with Crippen LogP contribution in [-0.4, -0.2) is 26.3 Å². The summed E-state index contributed by atoms with van der Waals surface area (Å²) in [7, 11) is 0. The number of nitrogens with zero attached hydrogens (tertiary/aromatic N) is 1. The monoisotopic (exact) mass is 323 g/mol. The van der Waals surface area contributed by atoms with E-state index in [0.717, 1.165) is 0 Å². The van der Waals surface area contributed by atoms with Crippen LogP contribution in [0.4, 0.5) is 0 Å². The summed E-state index contributed by atoms with van der Waals surface area (Å²) in [5.74, 6) is -1.21. The molecule has 0 amide bonds. The average Bonchev–Trinajstić information content (AvgIpc) is 2.82. The number of nitrogens with one attached hydrogen (secondary N) is 2. The van der Waals surface area contributed by atoms with Crippen LogP contribution in [0.15, 0.2) is 29.1 Å². The number of rotatable bonds is 2. The summed E-state index contributed by atoms with van der Waals surface area (Å²) in [6, 6.07) is 6.16. The Morgan fingerprint density at radius 2 is 1.90 bits per heavy atom. The fraction of sp³-hybridized carbons (Fsp3) is 0. The van der Waals surface area contributed by atoms with Crippen molar-refractivity contribution >= 4 is 40.2 Å². The van der Waals surface area contributed by atoms with Crippen molar-refractivity contribution in [3.63, 3.8) is 0 Å². The number of carbonyl (C=O) groups is 1. The Bertz CT molecular complexity index is 930. The molecule has 0 unspecified atom stereocenters. The van der Waals surface area contributed by atoms with Gasteiger partial charge in [0.15, 0.2) is 5.65 Å². The second kappa shape index (κ2) is 4.91. The van der Waals surface area contributed by atoms with Gasteiger partial charge in [-0.25, -0.2) is 9.78 Å². The van der Waals surface area contributed by atoms with Crippen molar-refractivity contribution in [3.05, 3.63) is 50.2 Å². The predicted molar refractivity (Wildman–Crippen MR) is 79.1 cm³/mol. The average molecular weight is 324 g/mol. The van der Waals surface area contributed by atoms with Crippen LogP contribution in [0.25, 0.3) is 22.3 Å². The van der Waals surface area contributed by atoms with Crippen molar-refractivity contribution in [2.75, 3.05) is 0 Å². The summed E-state index contributed by atoms with van der Waals surface area (Å²) in [5, 5.41) is 14.8. The molecule has 2 heterocycles. The van der Waals surface area contributed by atoms with E-state index in [4.69, 9.17) is 23.2 Å². The van der Waals surface area contributed by atoms with E-state index >= 15 is 0 Å². The number of H-pyrrole nitrogens is 2. The van der Waals surface area contributed by atoms with E-state index in [1.165, 1.54) is 6.07 Å². The second-order valence-electron chi connectivity index (χ2n) is 4.29. The maximum Gasteiger partial charge on any atom is 0.336 e. The van der Waals surface area contributed by atoms with Crippen molar-refractivity contribution in [2.24, 2.45) is 0 Å². The van der Waals surface area contributed by atoms with Gasteiger partial charge in [-0.3, -0.25) is 15.0 Å². The molecule has 0 saturated carbocycles. The van der Waals surface area contributed by atoms with Crippen LogP contribution < -0.4 is 5.56 Å². The van der Waals surface area contributed by atoms with Crippen LogP contribution in [0.2, 0.25) is 10.0 Å². The third-order valence-electron chi connectivity index (χ3n) is 2.99. The first-order valence-electron chi connectivity index (χ1n) is 5.77. The van der Waals surface area contributed by atoms with Gasteiger partial charge < -0.3 is 5.11 Å². The first-order chi connectivity index (χ1) is 9.97. The van der Waals surface area contributed by atoms with Gasteiger partial charge in [0.1, 0.15) is 0 Å². The molecule has 8 heteroatoms. The van der Waals surface area contributed by atoms with Crippen LogP contribution >= 0.6 is 23.2 Å². The topological polar surface area (TPSA) is 98.8 Å². The minimum absolute atomic E-state index is 0.00584. The number of carboxylic acid groups (broad SMARTS) is 1. The minimum Gasteiger partial charge on any atom is -0.478 e. The highest BCUT2D eigenvalue weighted by atomic mass is 35.5. The molecule has 3 aromatic rings. The molecule has 0 bridgehead atoms. The highest BCUT2D eigenvalue weighted by Gasteiger charge is 2.17. The molecule has 2 aromatic heterocycles. The van der Waals surface area contributed by atoms with Gasteiger partial charge in [0.2, 0.25) is 0 Å². The molecule has 3 N–H and O–H groups in total. The molecule has 0 saturated heterocycles. The van der Waals surface area contributed by atoms with Gasteiger partial charge >= 0.3 is 5.97 Å². The third kappa shape index (κ3) is 2.28. The highest BCUT2D eigenvalue weighted by Crippen LogP contribution is 2.29. The van der Waals surface area contributed by atoms with Crippen LogP contribution in [-0.2, 0) is 0 Å². The lowest BCUT2D eigenvalue weighted by molar-refractivity contribution is 0.0699. The summed E-state index contributed by atoms with van der Waals surface area (Å²) in [5.41, 5.74) is 0.463. The molecule has 0 aliphatic heterocycles. The fourth-order valence-corrected chi connectivity index (χ4v) is 2.31. The largest absolute Gasteiger partial charge is 0.478 e. The van der Waals surface area contributed by atoms with Gasteiger partial charge in [0, 0.05) is 5.56 Å². The maximum absolute atomic E-state index is 11.6. The zero-order valence-electron chi connectivity index (χ0n) is 10.3. The van der Waals surface area contributed by atoms with Crippen molar-refractivity contribution in [1.82, 2.24) is 15.2 Å². The lowest BCUT2D eigenvalue weighted by atomic mass is 10.1. The molecule has 1 aromatic carbocycles. The summed E-state index contributed by atoms with van der Waals surface area (Å²) >= 11 is 11.8. The minimum atomic E-state index is -1.21. The highest BCUT2D eigenvalue weighted by molar-refractivity contribution is 6.42. The number of halogens is 2. The normalized spacial score (nSPS) is 11.0. The SMILES string of the molecule is O=C(O)c1cc(-c2ccc(Cl)c(Cl)c2)nc2[nH][nH]c(=O)c12. The van der Waals surface area contributed by atoms with Crippen LogP contribution in [0.1, 0.15) is 10.4 Å². The summed E-state index contributed by atoms with van der Waals surface area (Å²) in [6.07, 6.45) is 0. The molecule has 3 rings (SSSR count).